The second kappa shape index (κ2) is 4.80. The lowest BCUT2D eigenvalue weighted by Crippen LogP contribution is -1.96. The van der Waals surface area contributed by atoms with E-state index in [4.69, 9.17) is 15.0 Å². The summed E-state index contributed by atoms with van der Waals surface area (Å²) in [6, 6.07) is 2.81. The highest BCUT2D eigenvalue weighted by molar-refractivity contribution is 9.10. The summed E-state index contributed by atoms with van der Waals surface area (Å²) >= 11 is 3.10. The van der Waals surface area contributed by atoms with Crippen molar-refractivity contribution in [3.63, 3.8) is 0 Å². The minimum atomic E-state index is -0.423. The van der Waals surface area contributed by atoms with E-state index in [1.54, 1.807) is 0 Å². The second-order valence-electron chi connectivity index (χ2n) is 3.16. The molecule has 90 valence electrons. The van der Waals surface area contributed by atoms with Gasteiger partial charge < -0.3 is 15.0 Å². The average Bonchev–Trinajstić information content (AvgIpc) is 2.81. The number of halogens is 2. The highest BCUT2D eigenvalue weighted by atomic mass is 79.9. The van der Waals surface area contributed by atoms with Crippen molar-refractivity contribution in [2.45, 2.75) is 6.54 Å². The predicted molar refractivity (Wildman–Crippen MR) is 61.8 cm³/mol. The van der Waals surface area contributed by atoms with Gasteiger partial charge in [-0.15, -0.1) is 0 Å². The van der Waals surface area contributed by atoms with Crippen LogP contribution in [0.1, 0.15) is 5.89 Å². The van der Waals surface area contributed by atoms with Crippen LogP contribution in [0.2, 0.25) is 0 Å². The van der Waals surface area contributed by atoms with Crippen LogP contribution in [0.4, 0.5) is 4.39 Å². The summed E-state index contributed by atoms with van der Waals surface area (Å²) in [6.45, 7) is 0.150. The maximum Gasteiger partial charge on any atom is 0.240 e. The number of hydrogen-bond acceptors (Lipinski definition) is 5. The van der Waals surface area contributed by atoms with Crippen LogP contribution < -0.4 is 10.5 Å². The zero-order chi connectivity index (χ0) is 12.4. The summed E-state index contributed by atoms with van der Waals surface area (Å²) in [5, 5.41) is 3.75. The van der Waals surface area contributed by atoms with E-state index in [0.29, 0.717) is 23.0 Å². The molecule has 0 aliphatic rings. The number of aromatic nitrogens is 2. The minimum Gasteiger partial charge on any atom is -0.495 e. The molecule has 17 heavy (non-hydrogen) atoms. The smallest absolute Gasteiger partial charge is 0.240 e. The molecular weight excluding hydrogens is 293 g/mol. The third-order valence-electron chi connectivity index (χ3n) is 2.14. The van der Waals surface area contributed by atoms with Crippen molar-refractivity contribution in [3.05, 3.63) is 28.3 Å². The summed E-state index contributed by atoms with van der Waals surface area (Å²) in [5.74, 6) is 0.507. The molecule has 0 atom stereocenters. The van der Waals surface area contributed by atoms with Crippen molar-refractivity contribution in [2.24, 2.45) is 5.73 Å². The highest BCUT2D eigenvalue weighted by Gasteiger charge is 2.17. The van der Waals surface area contributed by atoms with Crippen molar-refractivity contribution >= 4 is 15.9 Å². The molecule has 0 saturated heterocycles. The number of benzene rings is 1. The molecule has 0 unspecified atom stereocenters. The van der Waals surface area contributed by atoms with E-state index in [-0.39, 0.29) is 11.0 Å². The molecule has 2 rings (SSSR count). The quantitative estimate of drug-likeness (QED) is 0.940. The van der Waals surface area contributed by atoms with Crippen LogP contribution >= 0.6 is 15.9 Å². The lowest BCUT2D eigenvalue weighted by Gasteiger charge is -2.07. The van der Waals surface area contributed by atoms with Crippen LogP contribution in [0.3, 0.4) is 0 Å². The Morgan fingerprint density at radius 2 is 2.29 bits per heavy atom. The Bertz CT molecular complexity index is 544. The van der Waals surface area contributed by atoms with Gasteiger partial charge in [-0.25, -0.2) is 4.39 Å². The number of hydrogen-bond donors (Lipinski definition) is 1. The summed E-state index contributed by atoms with van der Waals surface area (Å²) in [7, 11) is 1.44. The van der Waals surface area contributed by atoms with Crippen LogP contribution in [-0.2, 0) is 6.54 Å². The Kier molecular flexibility index (Phi) is 3.39. The van der Waals surface area contributed by atoms with E-state index in [1.165, 1.54) is 19.2 Å². The van der Waals surface area contributed by atoms with E-state index < -0.39 is 5.82 Å². The van der Waals surface area contributed by atoms with Crippen LogP contribution in [0, 0.1) is 5.82 Å². The van der Waals surface area contributed by atoms with Gasteiger partial charge in [0.25, 0.3) is 0 Å². The molecule has 1 aromatic heterocycles. The number of nitrogens with zero attached hydrogens (tertiary/aromatic N) is 2. The topological polar surface area (TPSA) is 74.2 Å². The maximum absolute atomic E-state index is 13.3. The van der Waals surface area contributed by atoms with E-state index >= 15 is 0 Å². The fraction of sp³-hybridized carbons (Fsp3) is 0.200. The number of ether oxygens (including phenoxy) is 1. The van der Waals surface area contributed by atoms with E-state index in [1.807, 2.05) is 0 Å². The van der Waals surface area contributed by atoms with Gasteiger partial charge in [0.2, 0.25) is 11.7 Å². The lowest BCUT2D eigenvalue weighted by atomic mass is 10.2. The number of rotatable bonds is 3. The number of methoxy groups -OCH3 is 1. The van der Waals surface area contributed by atoms with Gasteiger partial charge >= 0.3 is 0 Å². The zero-order valence-electron chi connectivity index (χ0n) is 8.91. The van der Waals surface area contributed by atoms with E-state index in [9.17, 15) is 4.39 Å². The Morgan fingerprint density at radius 3 is 2.88 bits per heavy atom. The van der Waals surface area contributed by atoms with Gasteiger partial charge in [0.15, 0.2) is 0 Å². The third-order valence-corrected chi connectivity index (χ3v) is 2.88. The Morgan fingerprint density at radius 1 is 1.53 bits per heavy atom. The summed E-state index contributed by atoms with van der Waals surface area (Å²) in [4.78, 5) is 4.05. The maximum atomic E-state index is 13.3. The standard InChI is InChI=1S/C10H9BrFN3O2/c1-16-9-5(2-3-6(12)8(9)11)10-14-7(4-13)17-15-10/h2-3H,4,13H2,1H3. The van der Waals surface area contributed by atoms with Gasteiger partial charge in [-0.2, -0.15) is 4.98 Å². The molecule has 0 spiro atoms. The van der Waals surface area contributed by atoms with Gasteiger partial charge in [-0.05, 0) is 28.1 Å². The van der Waals surface area contributed by atoms with E-state index in [2.05, 4.69) is 26.1 Å². The Labute approximate surface area is 105 Å². The molecule has 5 nitrogen and oxygen atoms in total. The van der Waals surface area contributed by atoms with Crippen molar-refractivity contribution in [1.29, 1.82) is 0 Å². The molecule has 2 N–H and O–H groups in total. The van der Waals surface area contributed by atoms with Gasteiger partial charge in [0.1, 0.15) is 11.6 Å². The van der Waals surface area contributed by atoms with Crippen LogP contribution in [0.25, 0.3) is 11.4 Å². The minimum absolute atomic E-state index is 0.150. The third kappa shape index (κ3) is 2.16. The monoisotopic (exact) mass is 301 g/mol. The molecular formula is C10H9BrFN3O2. The summed E-state index contributed by atoms with van der Waals surface area (Å²) < 4.78 is 23.5. The normalized spacial score (nSPS) is 10.6. The molecule has 0 aliphatic carbocycles. The molecule has 0 amide bonds. The Hall–Kier alpha value is -1.47. The first-order valence-electron chi connectivity index (χ1n) is 4.72. The predicted octanol–water partition coefficient (Wildman–Crippen LogP) is 2.11. The first-order valence-corrected chi connectivity index (χ1v) is 5.51. The largest absolute Gasteiger partial charge is 0.495 e. The fourth-order valence-corrected chi connectivity index (χ4v) is 1.86. The van der Waals surface area contributed by atoms with Gasteiger partial charge in [0, 0.05) is 0 Å². The van der Waals surface area contributed by atoms with Gasteiger partial charge in [-0.1, -0.05) is 5.16 Å². The fourth-order valence-electron chi connectivity index (χ4n) is 1.35. The van der Waals surface area contributed by atoms with E-state index in [0.717, 1.165) is 0 Å². The Balaban J connectivity index is 2.55. The molecule has 1 aromatic carbocycles. The molecule has 2 aromatic rings. The highest BCUT2D eigenvalue weighted by Crippen LogP contribution is 2.36. The molecule has 1 heterocycles. The van der Waals surface area contributed by atoms with Crippen molar-refractivity contribution in [2.75, 3.05) is 7.11 Å². The molecule has 0 bridgehead atoms. The van der Waals surface area contributed by atoms with Crippen molar-refractivity contribution in [3.8, 4) is 17.1 Å². The summed E-state index contributed by atoms with van der Waals surface area (Å²) in [5.41, 5.74) is 5.90. The SMILES string of the molecule is COc1c(-c2noc(CN)n2)ccc(F)c1Br. The first kappa shape index (κ1) is 12.0. The molecule has 7 heteroatoms. The van der Waals surface area contributed by atoms with Crippen molar-refractivity contribution < 1.29 is 13.7 Å². The van der Waals surface area contributed by atoms with Crippen LogP contribution in [0.15, 0.2) is 21.1 Å². The average molecular weight is 302 g/mol. The number of nitrogens with two attached hydrogens (primary N) is 1. The zero-order valence-corrected chi connectivity index (χ0v) is 10.5. The molecule has 0 fully saturated rings. The molecule has 0 saturated carbocycles. The molecule has 0 radical (unpaired) electrons. The lowest BCUT2D eigenvalue weighted by molar-refractivity contribution is 0.379. The first-order chi connectivity index (χ1) is 8.17. The van der Waals surface area contributed by atoms with Crippen molar-refractivity contribution in [1.82, 2.24) is 10.1 Å². The van der Waals surface area contributed by atoms with Crippen LogP contribution in [0.5, 0.6) is 5.75 Å². The van der Waals surface area contributed by atoms with Gasteiger partial charge in [0.05, 0.1) is 23.7 Å². The summed E-state index contributed by atoms with van der Waals surface area (Å²) in [6.07, 6.45) is 0. The van der Waals surface area contributed by atoms with Gasteiger partial charge in [-0.3, -0.25) is 0 Å². The molecule has 0 aliphatic heterocycles. The second-order valence-corrected chi connectivity index (χ2v) is 3.95. The van der Waals surface area contributed by atoms with Crippen LogP contribution in [-0.4, -0.2) is 17.3 Å².